The molecule has 7 heteroatoms. The summed E-state index contributed by atoms with van der Waals surface area (Å²) in [6.45, 7) is 3.56. The number of carboxylic acids is 1. The molecule has 2 amide bonds. The molecule has 0 heterocycles. The number of aromatic carboxylic acids is 1. The van der Waals surface area contributed by atoms with E-state index in [-0.39, 0.29) is 10.6 Å². The predicted octanol–water partition coefficient (Wildman–Crippen LogP) is 2.98. The molecule has 3 N–H and O–H groups in total. The maximum absolute atomic E-state index is 11.6. The second kappa shape index (κ2) is 9.20. The van der Waals surface area contributed by atoms with Gasteiger partial charge in [0.05, 0.1) is 12.2 Å². The summed E-state index contributed by atoms with van der Waals surface area (Å²) in [5.41, 5.74) is 0.338. The van der Waals surface area contributed by atoms with Crippen molar-refractivity contribution in [3.05, 3.63) is 28.8 Å². The lowest BCUT2D eigenvalue weighted by Crippen LogP contribution is -2.31. The van der Waals surface area contributed by atoms with Crippen LogP contribution >= 0.6 is 11.6 Å². The van der Waals surface area contributed by atoms with Crippen LogP contribution in [0.25, 0.3) is 0 Å². The molecule has 0 spiro atoms. The van der Waals surface area contributed by atoms with Crippen molar-refractivity contribution >= 4 is 29.3 Å². The number of carbonyl (C=O) groups is 2. The van der Waals surface area contributed by atoms with Gasteiger partial charge in [0.25, 0.3) is 0 Å². The van der Waals surface area contributed by atoms with Gasteiger partial charge in [-0.15, -0.1) is 0 Å². The minimum Gasteiger partial charge on any atom is -0.478 e. The Labute approximate surface area is 128 Å². The third-order valence-corrected chi connectivity index (χ3v) is 2.80. The first-order valence-corrected chi connectivity index (χ1v) is 7.07. The summed E-state index contributed by atoms with van der Waals surface area (Å²) < 4.78 is 5.30. The third-order valence-electron chi connectivity index (χ3n) is 2.58. The van der Waals surface area contributed by atoms with Crippen molar-refractivity contribution in [3.8, 4) is 0 Å². The first kappa shape index (κ1) is 17.3. The number of hydrogen-bond acceptors (Lipinski definition) is 3. The topological polar surface area (TPSA) is 87.7 Å². The van der Waals surface area contributed by atoms with Crippen molar-refractivity contribution in [1.82, 2.24) is 5.32 Å². The summed E-state index contributed by atoms with van der Waals surface area (Å²) in [5, 5.41) is 14.3. The average molecular weight is 315 g/mol. The van der Waals surface area contributed by atoms with Crippen LogP contribution in [0.5, 0.6) is 0 Å². The maximum Gasteiger partial charge on any atom is 0.335 e. The van der Waals surface area contributed by atoms with Gasteiger partial charge in [-0.3, -0.25) is 0 Å². The summed E-state index contributed by atoms with van der Waals surface area (Å²) in [6.07, 6.45) is 2.06. The smallest absolute Gasteiger partial charge is 0.335 e. The Kier molecular flexibility index (Phi) is 7.56. The van der Waals surface area contributed by atoms with Crippen molar-refractivity contribution in [2.45, 2.75) is 19.8 Å². The summed E-state index contributed by atoms with van der Waals surface area (Å²) >= 11 is 5.80. The summed E-state index contributed by atoms with van der Waals surface area (Å²) in [4.78, 5) is 22.5. The summed E-state index contributed by atoms with van der Waals surface area (Å²) in [6, 6.07) is 3.69. The van der Waals surface area contributed by atoms with Crippen LogP contribution in [0.1, 0.15) is 30.1 Å². The minimum atomic E-state index is -1.11. The first-order valence-electron chi connectivity index (χ1n) is 6.69. The molecule has 0 aromatic heterocycles. The number of halogens is 1. The van der Waals surface area contributed by atoms with Gasteiger partial charge in [0, 0.05) is 23.9 Å². The number of unbranched alkanes of at least 4 members (excludes halogenated alkanes) is 1. The fourth-order valence-corrected chi connectivity index (χ4v) is 1.78. The Morgan fingerprint density at radius 1 is 1.29 bits per heavy atom. The fourth-order valence-electron chi connectivity index (χ4n) is 1.55. The second-order valence-corrected chi connectivity index (χ2v) is 4.82. The molecule has 0 saturated heterocycles. The van der Waals surface area contributed by atoms with E-state index in [1.54, 1.807) is 0 Å². The number of urea groups is 1. The molecule has 0 aliphatic rings. The van der Waals surface area contributed by atoms with Gasteiger partial charge < -0.3 is 20.5 Å². The van der Waals surface area contributed by atoms with E-state index in [1.165, 1.54) is 18.2 Å². The van der Waals surface area contributed by atoms with Crippen molar-refractivity contribution in [2.24, 2.45) is 0 Å². The average Bonchev–Trinajstić information content (AvgIpc) is 2.42. The van der Waals surface area contributed by atoms with Gasteiger partial charge in [0.1, 0.15) is 0 Å². The van der Waals surface area contributed by atoms with E-state index in [0.717, 1.165) is 12.8 Å². The Morgan fingerprint density at radius 3 is 2.71 bits per heavy atom. The Balaban J connectivity index is 2.39. The fraction of sp³-hybridized carbons (Fsp3) is 0.429. The van der Waals surface area contributed by atoms with Crippen LogP contribution in [-0.2, 0) is 4.74 Å². The van der Waals surface area contributed by atoms with E-state index in [4.69, 9.17) is 21.4 Å². The molecule has 1 aromatic carbocycles. The molecule has 1 aromatic rings. The third kappa shape index (κ3) is 6.97. The molecule has 0 aliphatic carbocycles. The Hall–Kier alpha value is -1.79. The molecule has 0 fully saturated rings. The summed E-state index contributed by atoms with van der Waals surface area (Å²) in [7, 11) is 0. The number of ether oxygens (including phenoxy) is 1. The van der Waals surface area contributed by atoms with Crippen LogP contribution in [0.15, 0.2) is 18.2 Å². The van der Waals surface area contributed by atoms with E-state index in [1.807, 2.05) is 0 Å². The van der Waals surface area contributed by atoms with Crippen LogP contribution < -0.4 is 10.6 Å². The Bertz CT molecular complexity index is 494. The highest BCUT2D eigenvalue weighted by atomic mass is 35.5. The molecule has 1 rings (SSSR count). The number of carbonyl (C=O) groups excluding carboxylic acids is 1. The second-order valence-electron chi connectivity index (χ2n) is 4.38. The lowest BCUT2D eigenvalue weighted by Gasteiger charge is -2.09. The van der Waals surface area contributed by atoms with Gasteiger partial charge in [-0.1, -0.05) is 24.9 Å². The molecule has 0 unspecified atom stereocenters. The number of anilines is 1. The van der Waals surface area contributed by atoms with Crippen molar-refractivity contribution in [3.63, 3.8) is 0 Å². The lowest BCUT2D eigenvalue weighted by molar-refractivity contribution is 0.0697. The zero-order valence-corrected chi connectivity index (χ0v) is 12.6. The van der Waals surface area contributed by atoms with E-state index in [2.05, 4.69) is 17.6 Å². The zero-order valence-electron chi connectivity index (χ0n) is 11.8. The number of amides is 2. The van der Waals surface area contributed by atoms with Crippen LogP contribution in [0.3, 0.4) is 0 Å². The van der Waals surface area contributed by atoms with Crippen molar-refractivity contribution in [2.75, 3.05) is 25.1 Å². The standard InChI is InChI=1S/C14H19ClN2O4/c1-2-3-5-21-6-4-16-14(20)17-12-8-10(13(18)19)7-11(15)9-12/h7-9H,2-6H2,1H3,(H,18,19)(H2,16,17,20). The molecule has 0 aliphatic heterocycles. The van der Waals surface area contributed by atoms with Gasteiger partial charge in [0.15, 0.2) is 0 Å². The number of nitrogens with one attached hydrogen (secondary N) is 2. The van der Waals surface area contributed by atoms with Crippen LogP contribution in [0.2, 0.25) is 5.02 Å². The maximum atomic E-state index is 11.6. The largest absolute Gasteiger partial charge is 0.478 e. The molecular weight excluding hydrogens is 296 g/mol. The van der Waals surface area contributed by atoms with Gasteiger partial charge >= 0.3 is 12.0 Å². The monoisotopic (exact) mass is 314 g/mol. The first-order chi connectivity index (χ1) is 10.0. The quantitative estimate of drug-likeness (QED) is 0.644. The molecule has 21 heavy (non-hydrogen) atoms. The molecule has 0 radical (unpaired) electrons. The number of hydrogen-bond donors (Lipinski definition) is 3. The molecular formula is C14H19ClN2O4. The highest BCUT2D eigenvalue weighted by molar-refractivity contribution is 6.31. The van der Waals surface area contributed by atoms with Crippen LogP contribution in [0.4, 0.5) is 10.5 Å². The summed E-state index contributed by atoms with van der Waals surface area (Å²) in [5.74, 6) is -1.11. The molecule has 0 bridgehead atoms. The highest BCUT2D eigenvalue weighted by Crippen LogP contribution is 2.19. The van der Waals surface area contributed by atoms with Crippen LogP contribution in [-0.4, -0.2) is 36.9 Å². The number of carboxylic acid groups (broad SMARTS) is 1. The van der Waals surface area contributed by atoms with Gasteiger partial charge in [-0.2, -0.15) is 0 Å². The van der Waals surface area contributed by atoms with Crippen LogP contribution in [0, 0.1) is 0 Å². The number of benzene rings is 1. The van der Waals surface area contributed by atoms with E-state index in [9.17, 15) is 9.59 Å². The normalized spacial score (nSPS) is 10.2. The van der Waals surface area contributed by atoms with E-state index in [0.29, 0.717) is 25.4 Å². The zero-order chi connectivity index (χ0) is 15.7. The number of rotatable bonds is 8. The van der Waals surface area contributed by atoms with E-state index >= 15 is 0 Å². The van der Waals surface area contributed by atoms with Gasteiger partial charge in [0.2, 0.25) is 0 Å². The molecule has 6 nitrogen and oxygen atoms in total. The highest BCUT2D eigenvalue weighted by Gasteiger charge is 2.08. The van der Waals surface area contributed by atoms with Crippen molar-refractivity contribution in [1.29, 1.82) is 0 Å². The molecule has 0 atom stereocenters. The molecule has 0 saturated carbocycles. The van der Waals surface area contributed by atoms with Crippen molar-refractivity contribution < 1.29 is 19.4 Å². The molecule has 116 valence electrons. The van der Waals surface area contributed by atoms with Gasteiger partial charge in [-0.05, 0) is 24.6 Å². The van der Waals surface area contributed by atoms with E-state index < -0.39 is 12.0 Å². The Morgan fingerprint density at radius 2 is 2.05 bits per heavy atom. The van der Waals surface area contributed by atoms with Gasteiger partial charge in [-0.25, -0.2) is 9.59 Å². The SMILES string of the molecule is CCCCOCCNC(=O)Nc1cc(Cl)cc(C(=O)O)c1. The predicted molar refractivity (Wildman–Crippen MR) is 81.2 cm³/mol. The minimum absolute atomic E-state index is 0.0145. The lowest BCUT2D eigenvalue weighted by atomic mass is 10.2.